The Morgan fingerprint density at radius 1 is 1.27 bits per heavy atom. The van der Waals surface area contributed by atoms with E-state index in [-0.39, 0.29) is 5.91 Å². The van der Waals surface area contributed by atoms with Crippen molar-refractivity contribution in [3.05, 3.63) is 51.3 Å². The molecule has 116 valence electrons. The van der Waals surface area contributed by atoms with Crippen molar-refractivity contribution in [2.45, 2.75) is 33.2 Å². The summed E-state index contributed by atoms with van der Waals surface area (Å²) in [6.07, 6.45) is 2.23. The van der Waals surface area contributed by atoms with E-state index < -0.39 is 0 Å². The summed E-state index contributed by atoms with van der Waals surface area (Å²) in [5.41, 5.74) is 3.97. The van der Waals surface area contributed by atoms with Gasteiger partial charge < -0.3 is 4.90 Å². The van der Waals surface area contributed by atoms with Crippen molar-refractivity contribution in [2.75, 3.05) is 13.1 Å². The molecule has 3 rings (SSSR count). The van der Waals surface area contributed by atoms with Crippen LogP contribution < -0.4 is 0 Å². The van der Waals surface area contributed by atoms with Crippen LogP contribution in [-0.4, -0.2) is 33.7 Å². The first kappa shape index (κ1) is 15.3. The first-order valence-electron chi connectivity index (χ1n) is 7.64. The van der Waals surface area contributed by atoms with Gasteiger partial charge in [0.25, 0.3) is 5.91 Å². The van der Waals surface area contributed by atoms with Crippen molar-refractivity contribution in [3.8, 4) is 0 Å². The van der Waals surface area contributed by atoms with Gasteiger partial charge in [0.1, 0.15) is 0 Å². The molecule has 2 heterocycles. The van der Waals surface area contributed by atoms with Crippen molar-refractivity contribution >= 4 is 21.8 Å². The average Bonchev–Trinajstić information content (AvgIpc) is 3.13. The summed E-state index contributed by atoms with van der Waals surface area (Å²) in [5, 5.41) is 4.53. The highest BCUT2D eigenvalue weighted by Crippen LogP contribution is 2.21. The van der Waals surface area contributed by atoms with E-state index >= 15 is 0 Å². The fourth-order valence-corrected chi connectivity index (χ4v) is 3.19. The molecule has 1 aliphatic rings. The van der Waals surface area contributed by atoms with Crippen LogP contribution in [0.3, 0.4) is 0 Å². The number of aryl methyl sites for hydroxylation is 1. The average molecular weight is 362 g/mol. The van der Waals surface area contributed by atoms with Gasteiger partial charge in [-0.05, 0) is 60.3 Å². The second-order valence-electron chi connectivity index (χ2n) is 5.84. The third-order valence-electron chi connectivity index (χ3n) is 4.19. The van der Waals surface area contributed by atoms with E-state index in [1.807, 2.05) is 47.7 Å². The number of aromatic nitrogens is 2. The van der Waals surface area contributed by atoms with Crippen LogP contribution in [0.2, 0.25) is 0 Å². The summed E-state index contributed by atoms with van der Waals surface area (Å²) in [7, 11) is 0. The predicted octanol–water partition coefficient (Wildman–Crippen LogP) is 3.55. The third-order valence-corrected chi connectivity index (χ3v) is 5.34. The van der Waals surface area contributed by atoms with Gasteiger partial charge in [-0.1, -0.05) is 12.1 Å². The van der Waals surface area contributed by atoms with Crippen LogP contribution >= 0.6 is 15.9 Å². The molecule has 0 spiro atoms. The molecule has 0 aliphatic carbocycles. The van der Waals surface area contributed by atoms with Gasteiger partial charge in [0.15, 0.2) is 0 Å². The van der Waals surface area contributed by atoms with Crippen LogP contribution in [-0.2, 0) is 6.54 Å². The first-order chi connectivity index (χ1) is 10.6. The molecule has 2 aromatic rings. The zero-order valence-electron chi connectivity index (χ0n) is 13.0. The predicted molar refractivity (Wildman–Crippen MR) is 90.1 cm³/mol. The molecule has 0 radical (unpaired) electrons. The second kappa shape index (κ2) is 6.24. The maximum atomic E-state index is 12.5. The molecule has 0 atom stereocenters. The third kappa shape index (κ3) is 2.95. The Bertz CT molecular complexity index is 702. The Labute approximate surface area is 139 Å². The molecule has 1 aromatic heterocycles. The van der Waals surface area contributed by atoms with E-state index in [0.29, 0.717) is 6.54 Å². The van der Waals surface area contributed by atoms with E-state index in [0.717, 1.165) is 52.9 Å². The lowest BCUT2D eigenvalue weighted by molar-refractivity contribution is 0.0792. The molecule has 1 fully saturated rings. The van der Waals surface area contributed by atoms with E-state index in [1.165, 1.54) is 0 Å². The summed E-state index contributed by atoms with van der Waals surface area (Å²) >= 11 is 3.55. The number of halogens is 1. The summed E-state index contributed by atoms with van der Waals surface area (Å²) in [6.45, 7) is 6.48. The maximum absolute atomic E-state index is 12.5. The van der Waals surface area contributed by atoms with Gasteiger partial charge in [-0.25, -0.2) is 0 Å². The minimum Gasteiger partial charge on any atom is -0.339 e. The first-order valence-corrected chi connectivity index (χ1v) is 8.43. The molecular formula is C17H20BrN3O. The lowest BCUT2D eigenvalue weighted by Crippen LogP contribution is -2.27. The summed E-state index contributed by atoms with van der Waals surface area (Å²) in [5.74, 6) is 0.147. The van der Waals surface area contributed by atoms with E-state index in [4.69, 9.17) is 0 Å². The van der Waals surface area contributed by atoms with E-state index in [1.54, 1.807) is 0 Å². The number of likely N-dealkylation sites (tertiary alicyclic amines) is 1. The largest absolute Gasteiger partial charge is 0.339 e. The van der Waals surface area contributed by atoms with Crippen molar-refractivity contribution in [1.82, 2.24) is 14.7 Å². The SMILES string of the molecule is Cc1nn(Cc2cccc(C(=O)N3CCCC3)c2)c(C)c1Br. The molecule has 0 N–H and O–H groups in total. The van der Waals surface area contributed by atoms with Gasteiger partial charge in [0, 0.05) is 18.7 Å². The Hall–Kier alpha value is -1.62. The highest BCUT2D eigenvalue weighted by atomic mass is 79.9. The van der Waals surface area contributed by atoms with Gasteiger partial charge in [0.05, 0.1) is 22.4 Å². The second-order valence-corrected chi connectivity index (χ2v) is 6.64. The Balaban J connectivity index is 1.81. The van der Waals surface area contributed by atoms with Crippen LogP contribution in [0.4, 0.5) is 0 Å². The molecule has 1 aliphatic heterocycles. The fourth-order valence-electron chi connectivity index (χ4n) is 2.91. The normalized spacial score (nSPS) is 14.6. The summed E-state index contributed by atoms with van der Waals surface area (Å²) in [4.78, 5) is 14.4. The van der Waals surface area contributed by atoms with Crippen molar-refractivity contribution in [2.24, 2.45) is 0 Å². The molecule has 5 heteroatoms. The highest BCUT2D eigenvalue weighted by Gasteiger charge is 2.19. The van der Waals surface area contributed by atoms with Gasteiger partial charge >= 0.3 is 0 Å². The minimum atomic E-state index is 0.147. The lowest BCUT2D eigenvalue weighted by atomic mass is 10.1. The maximum Gasteiger partial charge on any atom is 0.253 e. The van der Waals surface area contributed by atoms with Gasteiger partial charge in [0.2, 0.25) is 0 Å². The number of carbonyl (C=O) groups is 1. The highest BCUT2D eigenvalue weighted by molar-refractivity contribution is 9.10. The van der Waals surface area contributed by atoms with Crippen LogP contribution in [0.1, 0.15) is 40.2 Å². The number of hydrogen-bond donors (Lipinski definition) is 0. The van der Waals surface area contributed by atoms with E-state index in [9.17, 15) is 4.79 Å². The number of benzene rings is 1. The Morgan fingerprint density at radius 2 is 2.00 bits per heavy atom. The number of hydrogen-bond acceptors (Lipinski definition) is 2. The molecule has 1 amide bonds. The molecule has 1 saturated heterocycles. The van der Waals surface area contributed by atoms with Crippen LogP contribution in [0.5, 0.6) is 0 Å². The Kier molecular flexibility index (Phi) is 4.34. The number of carbonyl (C=O) groups excluding carboxylic acids is 1. The Morgan fingerprint density at radius 3 is 2.64 bits per heavy atom. The van der Waals surface area contributed by atoms with E-state index in [2.05, 4.69) is 21.0 Å². The number of rotatable bonds is 3. The molecule has 0 bridgehead atoms. The topological polar surface area (TPSA) is 38.1 Å². The van der Waals surface area contributed by atoms with Crippen molar-refractivity contribution in [3.63, 3.8) is 0 Å². The molecule has 4 nitrogen and oxygen atoms in total. The smallest absolute Gasteiger partial charge is 0.253 e. The molecular weight excluding hydrogens is 342 g/mol. The standard InChI is InChI=1S/C17H20BrN3O/c1-12-16(18)13(2)21(19-12)11-14-6-5-7-15(10-14)17(22)20-8-3-4-9-20/h5-7,10H,3-4,8-9,11H2,1-2H3. The van der Waals surface area contributed by atoms with Gasteiger partial charge in [-0.15, -0.1) is 0 Å². The quantitative estimate of drug-likeness (QED) is 0.838. The van der Waals surface area contributed by atoms with Crippen LogP contribution in [0.25, 0.3) is 0 Å². The minimum absolute atomic E-state index is 0.147. The lowest BCUT2D eigenvalue weighted by Gasteiger charge is -2.15. The van der Waals surface area contributed by atoms with Crippen molar-refractivity contribution < 1.29 is 4.79 Å². The fraction of sp³-hybridized carbons (Fsp3) is 0.412. The monoisotopic (exact) mass is 361 g/mol. The van der Waals surface area contributed by atoms with Crippen LogP contribution in [0, 0.1) is 13.8 Å². The molecule has 0 saturated carbocycles. The summed E-state index contributed by atoms with van der Waals surface area (Å²) in [6, 6.07) is 7.90. The number of amides is 1. The molecule has 1 aromatic carbocycles. The van der Waals surface area contributed by atoms with Gasteiger partial charge in [-0.3, -0.25) is 9.48 Å². The van der Waals surface area contributed by atoms with Gasteiger partial charge in [-0.2, -0.15) is 5.10 Å². The zero-order valence-corrected chi connectivity index (χ0v) is 14.6. The zero-order chi connectivity index (χ0) is 15.7. The molecule has 22 heavy (non-hydrogen) atoms. The molecule has 0 unspecified atom stereocenters. The van der Waals surface area contributed by atoms with Crippen molar-refractivity contribution in [1.29, 1.82) is 0 Å². The number of nitrogens with zero attached hydrogens (tertiary/aromatic N) is 3. The van der Waals surface area contributed by atoms with Crippen LogP contribution in [0.15, 0.2) is 28.7 Å². The summed E-state index contributed by atoms with van der Waals surface area (Å²) < 4.78 is 3.02.